The number of amides is 1. The van der Waals surface area contributed by atoms with Crippen molar-refractivity contribution in [1.29, 1.82) is 0 Å². The molecule has 1 N–H and O–H groups in total. The number of carbonyl (C=O) groups is 1. The van der Waals surface area contributed by atoms with Crippen LogP contribution in [0.25, 0.3) is 11.0 Å². The van der Waals surface area contributed by atoms with E-state index < -0.39 is 22.3 Å². The molecule has 2 aromatic carbocycles. The van der Waals surface area contributed by atoms with E-state index in [1.165, 1.54) is 13.2 Å². The Morgan fingerprint density at radius 2 is 2.04 bits per heavy atom. The molecule has 8 heteroatoms. The van der Waals surface area contributed by atoms with E-state index >= 15 is 0 Å². The molecule has 0 bridgehead atoms. The van der Waals surface area contributed by atoms with Gasteiger partial charge in [-0.2, -0.15) is 4.39 Å². The molecule has 0 unspecified atom stereocenters. The Morgan fingerprint density at radius 3 is 2.72 bits per heavy atom. The van der Waals surface area contributed by atoms with Gasteiger partial charge in [0.05, 0.1) is 12.0 Å². The van der Waals surface area contributed by atoms with Crippen molar-refractivity contribution in [2.75, 3.05) is 12.4 Å². The zero-order valence-corrected chi connectivity index (χ0v) is 13.3. The third-order valence-corrected chi connectivity index (χ3v) is 3.75. The molecule has 0 fully saturated rings. The number of hydrogen-bond donors (Lipinski definition) is 1. The monoisotopic (exact) mass is 344 g/mol. The summed E-state index contributed by atoms with van der Waals surface area (Å²) < 4.78 is 24.1. The van der Waals surface area contributed by atoms with Crippen molar-refractivity contribution in [1.82, 2.24) is 0 Å². The van der Waals surface area contributed by atoms with Crippen LogP contribution in [0.2, 0.25) is 0 Å². The largest absolute Gasteiger partial charge is 0.497 e. The molecular weight excluding hydrogens is 331 g/mol. The number of nitro benzene ring substituents is 1. The first kappa shape index (κ1) is 16.4. The second kappa shape index (κ2) is 6.23. The molecule has 0 aliphatic carbocycles. The molecular formula is C17H13FN2O5. The first-order valence-electron chi connectivity index (χ1n) is 7.23. The number of furan rings is 1. The Bertz CT molecular complexity index is 996. The molecule has 0 atom stereocenters. The third kappa shape index (κ3) is 3.01. The van der Waals surface area contributed by atoms with Gasteiger partial charge in [-0.25, -0.2) is 0 Å². The molecule has 0 aliphatic rings. The van der Waals surface area contributed by atoms with Gasteiger partial charge in [-0.1, -0.05) is 0 Å². The van der Waals surface area contributed by atoms with Gasteiger partial charge in [-0.15, -0.1) is 0 Å². The molecule has 25 heavy (non-hydrogen) atoms. The minimum atomic E-state index is -0.977. The van der Waals surface area contributed by atoms with E-state index in [-0.39, 0.29) is 11.4 Å². The molecule has 128 valence electrons. The second-order valence-electron chi connectivity index (χ2n) is 5.30. The van der Waals surface area contributed by atoms with E-state index in [4.69, 9.17) is 9.15 Å². The SMILES string of the molecule is COc1ccc2oc(C(=O)Nc3ccc(F)c([N+](=O)[O-])c3)c(C)c2c1. The van der Waals surface area contributed by atoms with E-state index in [0.717, 1.165) is 17.5 Å². The van der Waals surface area contributed by atoms with Crippen LogP contribution in [0.15, 0.2) is 40.8 Å². The normalized spacial score (nSPS) is 10.7. The first-order chi connectivity index (χ1) is 11.9. The fraction of sp³-hybridized carbons (Fsp3) is 0.118. The van der Waals surface area contributed by atoms with Crippen LogP contribution >= 0.6 is 0 Å². The molecule has 0 aliphatic heterocycles. The van der Waals surface area contributed by atoms with Gasteiger partial charge in [-0.05, 0) is 37.3 Å². The van der Waals surface area contributed by atoms with E-state index in [9.17, 15) is 19.3 Å². The average molecular weight is 344 g/mol. The van der Waals surface area contributed by atoms with Gasteiger partial charge in [0.15, 0.2) is 5.76 Å². The fourth-order valence-electron chi connectivity index (χ4n) is 2.46. The zero-order chi connectivity index (χ0) is 18.1. The molecule has 3 rings (SSSR count). The Morgan fingerprint density at radius 1 is 1.28 bits per heavy atom. The van der Waals surface area contributed by atoms with E-state index in [1.54, 1.807) is 25.1 Å². The van der Waals surface area contributed by atoms with Crippen LogP contribution < -0.4 is 10.1 Å². The molecule has 0 saturated carbocycles. The fourth-order valence-corrected chi connectivity index (χ4v) is 2.46. The standard InChI is InChI=1S/C17H13FN2O5/c1-9-12-8-11(24-2)4-6-15(12)25-16(9)17(21)19-10-3-5-13(18)14(7-10)20(22)23/h3-8H,1-2H3,(H,19,21). The molecule has 7 nitrogen and oxygen atoms in total. The Labute approximate surface area is 141 Å². The van der Waals surface area contributed by atoms with Gasteiger partial charge in [-0.3, -0.25) is 14.9 Å². The maximum absolute atomic E-state index is 13.4. The smallest absolute Gasteiger partial charge is 0.306 e. The van der Waals surface area contributed by atoms with Gasteiger partial charge in [0.1, 0.15) is 11.3 Å². The molecule has 1 amide bonds. The van der Waals surface area contributed by atoms with Crippen LogP contribution in [0, 0.1) is 22.9 Å². The summed E-state index contributed by atoms with van der Waals surface area (Å²) in [6, 6.07) is 8.24. The van der Waals surface area contributed by atoms with Gasteiger partial charge in [0, 0.05) is 22.7 Å². The summed E-state index contributed by atoms with van der Waals surface area (Å²) in [7, 11) is 1.53. The highest BCUT2D eigenvalue weighted by atomic mass is 19.1. The van der Waals surface area contributed by atoms with Crippen LogP contribution in [0.1, 0.15) is 16.1 Å². The average Bonchev–Trinajstić information content (AvgIpc) is 2.92. The number of nitro groups is 1. The second-order valence-corrected chi connectivity index (χ2v) is 5.30. The lowest BCUT2D eigenvalue weighted by Gasteiger charge is -2.04. The summed E-state index contributed by atoms with van der Waals surface area (Å²) in [4.78, 5) is 22.4. The van der Waals surface area contributed by atoms with Crippen molar-refractivity contribution in [3.8, 4) is 5.75 Å². The van der Waals surface area contributed by atoms with E-state index in [1.807, 2.05) is 0 Å². The lowest BCUT2D eigenvalue weighted by molar-refractivity contribution is -0.387. The summed E-state index contributed by atoms with van der Waals surface area (Å²) in [5.41, 5.74) is 0.482. The number of nitrogens with zero attached hydrogens (tertiary/aromatic N) is 1. The van der Waals surface area contributed by atoms with Crippen molar-refractivity contribution in [2.45, 2.75) is 6.92 Å². The van der Waals surface area contributed by atoms with Crippen molar-refractivity contribution in [3.63, 3.8) is 0 Å². The number of fused-ring (bicyclic) bond motifs is 1. The van der Waals surface area contributed by atoms with Crippen LogP contribution in [0.5, 0.6) is 5.75 Å². The van der Waals surface area contributed by atoms with Gasteiger partial charge in [0.2, 0.25) is 5.82 Å². The summed E-state index contributed by atoms with van der Waals surface area (Å²) in [6.45, 7) is 1.72. The van der Waals surface area contributed by atoms with Crippen molar-refractivity contribution in [2.24, 2.45) is 0 Å². The number of nitrogens with one attached hydrogen (secondary N) is 1. The van der Waals surface area contributed by atoms with Crippen molar-refractivity contribution >= 4 is 28.3 Å². The quantitative estimate of drug-likeness (QED) is 0.569. The van der Waals surface area contributed by atoms with E-state index in [0.29, 0.717) is 16.9 Å². The Kier molecular flexibility index (Phi) is 4.10. The molecule has 0 radical (unpaired) electrons. The zero-order valence-electron chi connectivity index (χ0n) is 13.3. The Hall–Kier alpha value is -3.42. The van der Waals surface area contributed by atoms with Crippen LogP contribution in [-0.4, -0.2) is 17.9 Å². The molecule has 0 spiro atoms. The third-order valence-electron chi connectivity index (χ3n) is 3.75. The molecule has 1 aromatic heterocycles. The predicted octanol–water partition coefficient (Wildman–Crippen LogP) is 4.05. The van der Waals surface area contributed by atoms with Crippen molar-refractivity contribution < 1.29 is 23.3 Å². The number of methoxy groups -OCH3 is 1. The van der Waals surface area contributed by atoms with Gasteiger partial charge < -0.3 is 14.5 Å². The van der Waals surface area contributed by atoms with Crippen molar-refractivity contribution in [3.05, 3.63) is 63.7 Å². The highest BCUT2D eigenvalue weighted by Crippen LogP contribution is 2.29. The van der Waals surface area contributed by atoms with Crippen LogP contribution in [-0.2, 0) is 0 Å². The lowest BCUT2D eigenvalue weighted by Crippen LogP contribution is -2.12. The van der Waals surface area contributed by atoms with Crippen LogP contribution in [0.3, 0.4) is 0 Å². The topological polar surface area (TPSA) is 94.6 Å². The predicted molar refractivity (Wildman–Crippen MR) is 88.5 cm³/mol. The number of halogens is 1. The number of aryl methyl sites for hydroxylation is 1. The van der Waals surface area contributed by atoms with Gasteiger partial charge in [0.25, 0.3) is 5.91 Å². The summed E-state index contributed by atoms with van der Waals surface area (Å²) in [5, 5.41) is 14.0. The molecule has 0 saturated heterocycles. The number of carbonyl (C=O) groups excluding carboxylic acids is 1. The summed E-state index contributed by atoms with van der Waals surface area (Å²) in [6.07, 6.45) is 0. The number of rotatable bonds is 4. The minimum Gasteiger partial charge on any atom is -0.497 e. The highest BCUT2D eigenvalue weighted by Gasteiger charge is 2.20. The molecule has 3 aromatic rings. The molecule has 1 heterocycles. The summed E-state index contributed by atoms with van der Waals surface area (Å²) >= 11 is 0. The first-order valence-corrected chi connectivity index (χ1v) is 7.23. The number of ether oxygens (including phenoxy) is 1. The maximum atomic E-state index is 13.4. The highest BCUT2D eigenvalue weighted by molar-refractivity contribution is 6.06. The van der Waals surface area contributed by atoms with Crippen LogP contribution in [0.4, 0.5) is 15.8 Å². The number of anilines is 1. The summed E-state index contributed by atoms with van der Waals surface area (Å²) in [5.74, 6) is -0.878. The van der Waals surface area contributed by atoms with Gasteiger partial charge >= 0.3 is 5.69 Å². The number of hydrogen-bond acceptors (Lipinski definition) is 5. The van der Waals surface area contributed by atoms with E-state index in [2.05, 4.69) is 5.32 Å². The Balaban J connectivity index is 1.94. The minimum absolute atomic E-state index is 0.0650. The number of benzene rings is 2. The maximum Gasteiger partial charge on any atom is 0.306 e. The lowest BCUT2D eigenvalue weighted by atomic mass is 10.1.